The minimum atomic E-state index is 0.571. The van der Waals surface area contributed by atoms with Crippen LogP contribution in [0.1, 0.15) is 18.9 Å². The number of benzene rings is 2. The third-order valence-electron chi connectivity index (χ3n) is 4.01. The van der Waals surface area contributed by atoms with Crippen LogP contribution in [0.3, 0.4) is 0 Å². The summed E-state index contributed by atoms with van der Waals surface area (Å²) < 4.78 is 0. The highest BCUT2D eigenvalue weighted by Crippen LogP contribution is 2.24. The second-order valence-electron chi connectivity index (χ2n) is 5.87. The van der Waals surface area contributed by atoms with E-state index in [2.05, 4.69) is 79.8 Å². The molecule has 0 radical (unpaired) electrons. The summed E-state index contributed by atoms with van der Waals surface area (Å²) in [6.45, 7) is 2.22. The highest BCUT2D eigenvalue weighted by atomic mass is 15.1. The van der Waals surface area contributed by atoms with Crippen LogP contribution in [-0.4, -0.2) is 27.2 Å². The molecule has 0 bridgehead atoms. The van der Waals surface area contributed by atoms with Crippen LogP contribution < -0.4 is 10.2 Å². The Labute approximate surface area is 128 Å². The fraction of sp³-hybridized carbons (Fsp3) is 0.368. The molecule has 0 saturated carbocycles. The van der Waals surface area contributed by atoms with Crippen molar-refractivity contribution in [3.63, 3.8) is 0 Å². The number of nitrogens with zero attached hydrogens (tertiary/aromatic N) is 1. The number of aryl methyl sites for hydroxylation is 1. The summed E-state index contributed by atoms with van der Waals surface area (Å²) in [5, 5.41) is 3.28. The fourth-order valence-electron chi connectivity index (χ4n) is 2.36. The van der Waals surface area contributed by atoms with E-state index in [0.29, 0.717) is 6.04 Å². The van der Waals surface area contributed by atoms with E-state index in [1.807, 2.05) is 7.05 Å². The van der Waals surface area contributed by atoms with Gasteiger partial charge in [-0.15, -0.1) is 0 Å². The Morgan fingerprint density at radius 2 is 1.71 bits per heavy atom. The summed E-state index contributed by atoms with van der Waals surface area (Å²) in [7, 11) is 6.17. The zero-order valence-corrected chi connectivity index (χ0v) is 13.6. The van der Waals surface area contributed by atoms with E-state index >= 15 is 0 Å². The van der Waals surface area contributed by atoms with Crippen LogP contribution >= 0.6 is 0 Å². The van der Waals surface area contributed by atoms with E-state index < -0.39 is 0 Å². The van der Waals surface area contributed by atoms with Gasteiger partial charge in [-0.3, -0.25) is 0 Å². The Hall–Kier alpha value is -1.80. The van der Waals surface area contributed by atoms with Gasteiger partial charge in [0.25, 0.3) is 0 Å². The smallest absolute Gasteiger partial charge is 0.0367 e. The second-order valence-corrected chi connectivity index (χ2v) is 5.87. The van der Waals surface area contributed by atoms with Gasteiger partial charge in [0.05, 0.1) is 0 Å². The first-order valence-electron chi connectivity index (χ1n) is 7.64. The molecular weight excluding hydrogens is 256 g/mol. The number of nitrogens with one attached hydrogen (secondary N) is 1. The lowest BCUT2D eigenvalue weighted by Crippen LogP contribution is -2.21. The number of hydrogen-bond acceptors (Lipinski definition) is 2. The van der Waals surface area contributed by atoms with Crippen molar-refractivity contribution >= 4 is 5.69 Å². The molecule has 21 heavy (non-hydrogen) atoms. The summed E-state index contributed by atoms with van der Waals surface area (Å²) in [5.74, 6) is 0. The molecular formula is C19H26N2. The van der Waals surface area contributed by atoms with Gasteiger partial charge in [-0.2, -0.15) is 0 Å². The van der Waals surface area contributed by atoms with Crippen LogP contribution in [0.5, 0.6) is 0 Å². The van der Waals surface area contributed by atoms with Gasteiger partial charge in [-0.05, 0) is 55.6 Å². The molecule has 1 N–H and O–H groups in total. The van der Waals surface area contributed by atoms with Crippen LogP contribution in [0.15, 0.2) is 48.5 Å². The van der Waals surface area contributed by atoms with Gasteiger partial charge in [0.2, 0.25) is 0 Å². The van der Waals surface area contributed by atoms with Gasteiger partial charge in [0.15, 0.2) is 0 Å². The van der Waals surface area contributed by atoms with Gasteiger partial charge in [-0.25, -0.2) is 0 Å². The van der Waals surface area contributed by atoms with Crippen molar-refractivity contribution in [3.05, 3.63) is 54.1 Å². The van der Waals surface area contributed by atoms with E-state index in [1.165, 1.54) is 28.8 Å². The van der Waals surface area contributed by atoms with Crippen molar-refractivity contribution < 1.29 is 0 Å². The first-order chi connectivity index (χ1) is 10.1. The van der Waals surface area contributed by atoms with E-state index in [-0.39, 0.29) is 0 Å². The number of hydrogen-bond donors (Lipinski definition) is 1. The zero-order valence-electron chi connectivity index (χ0n) is 13.6. The van der Waals surface area contributed by atoms with Crippen molar-refractivity contribution in [2.75, 3.05) is 26.0 Å². The van der Waals surface area contributed by atoms with Crippen LogP contribution in [0.4, 0.5) is 5.69 Å². The minimum absolute atomic E-state index is 0.571. The van der Waals surface area contributed by atoms with Crippen LogP contribution in [0.2, 0.25) is 0 Å². The van der Waals surface area contributed by atoms with Crippen molar-refractivity contribution in [1.82, 2.24) is 5.32 Å². The van der Waals surface area contributed by atoms with Gasteiger partial charge in [0, 0.05) is 25.8 Å². The molecule has 2 aromatic rings. The third kappa shape index (κ3) is 4.33. The zero-order chi connectivity index (χ0) is 15.2. The summed E-state index contributed by atoms with van der Waals surface area (Å²) in [4.78, 5) is 2.14. The highest BCUT2D eigenvalue weighted by molar-refractivity contribution is 5.68. The van der Waals surface area contributed by atoms with Gasteiger partial charge in [-0.1, -0.05) is 36.4 Å². The summed E-state index contributed by atoms with van der Waals surface area (Å²) in [6.07, 6.45) is 2.30. The van der Waals surface area contributed by atoms with Gasteiger partial charge >= 0.3 is 0 Å². The molecule has 0 amide bonds. The normalized spacial score (nSPS) is 12.2. The molecule has 0 aliphatic carbocycles. The molecule has 0 aliphatic rings. The summed E-state index contributed by atoms with van der Waals surface area (Å²) in [5.41, 5.74) is 5.20. The van der Waals surface area contributed by atoms with Crippen molar-refractivity contribution in [2.24, 2.45) is 0 Å². The average Bonchev–Trinajstić information content (AvgIpc) is 2.53. The lowest BCUT2D eigenvalue weighted by Gasteiger charge is -2.14. The summed E-state index contributed by atoms with van der Waals surface area (Å²) >= 11 is 0. The molecule has 0 spiro atoms. The molecule has 2 heteroatoms. The minimum Gasteiger partial charge on any atom is -0.378 e. The van der Waals surface area contributed by atoms with E-state index in [1.54, 1.807) is 0 Å². The summed E-state index contributed by atoms with van der Waals surface area (Å²) in [6, 6.07) is 18.2. The quantitative estimate of drug-likeness (QED) is 0.862. The van der Waals surface area contributed by atoms with E-state index in [4.69, 9.17) is 0 Å². The van der Waals surface area contributed by atoms with Crippen molar-refractivity contribution in [2.45, 2.75) is 25.8 Å². The molecule has 1 unspecified atom stereocenters. The fourth-order valence-corrected chi connectivity index (χ4v) is 2.36. The molecule has 0 heterocycles. The van der Waals surface area contributed by atoms with E-state index in [9.17, 15) is 0 Å². The second kappa shape index (κ2) is 7.28. The lowest BCUT2D eigenvalue weighted by atomic mass is 10.0. The topological polar surface area (TPSA) is 15.3 Å². The maximum absolute atomic E-state index is 3.28. The Morgan fingerprint density at radius 3 is 2.33 bits per heavy atom. The predicted octanol–water partition coefficient (Wildman–Crippen LogP) is 3.96. The Bertz CT molecular complexity index is 558. The van der Waals surface area contributed by atoms with Crippen LogP contribution in [0, 0.1) is 0 Å². The first-order valence-corrected chi connectivity index (χ1v) is 7.64. The van der Waals surface area contributed by atoms with E-state index in [0.717, 1.165) is 6.42 Å². The van der Waals surface area contributed by atoms with Crippen molar-refractivity contribution in [3.8, 4) is 11.1 Å². The van der Waals surface area contributed by atoms with Crippen LogP contribution in [0.25, 0.3) is 11.1 Å². The van der Waals surface area contributed by atoms with Gasteiger partial charge < -0.3 is 10.2 Å². The highest BCUT2D eigenvalue weighted by Gasteiger charge is 2.03. The number of rotatable bonds is 6. The monoisotopic (exact) mass is 282 g/mol. The Morgan fingerprint density at radius 1 is 1.00 bits per heavy atom. The molecule has 2 nitrogen and oxygen atoms in total. The molecule has 0 fully saturated rings. The number of anilines is 1. The molecule has 0 saturated heterocycles. The molecule has 2 aromatic carbocycles. The maximum Gasteiger partial charge on any atom is 0.0367 e. The molecule has 2 rings (SSSR count). The Kier molecular flexibility index (Phi) is 5.40. The van der Waals surface area contributed by atoms with Crippen molar-refractivity contribution in [1.29, 1.82) is 0 Å². The average molecular weight is 282 g/mol. The molecule has 0 aliphatic heterocycles. The SMILES string of the molecule is CNC(C)CCc1ccc(-c2cccc(N(C)C)c2)cc1. The lowest BCUT2D eigenvalue weighted by molar-refractivity contribution is 0.565. The maximum atomic E-state index is 3.28. The standard InChI is InChI=1S/C19H26N2/c1-15(20-2)8-9-16-10-12-17(13-11-16)18-6-5-7-19(14-18)21(3)4/h5-7,10-15,20H,8-9H2,1-4H3. The Balaban J connectivity index is 2.10. The third-order valence-corrected chi connectivity index (χ3v) is 4.01. The molecule has 0 aromatic heterocycles. The molecule has 112 valence electrons. The predicted molar refractivity (Wildman–Crippen MR) is 93.0 cm³/mol. The van der Waals surface area contributed by atoms with Crippen LogP contribution in [-0.2, 0) is 6.42 Å². The molecule has 1 atom stereocenters. The van der Waals surface area contributed by atoms with Gasteiger partial charge in [0.1, 0.15) is 0 Å². The largest absolute Gasteiger partial charge is 0.378 e. The first kappa shape index (κ1) is 15.6.